The van der Waals surface area contributed by atoms with Crippen LogP contribution in [0.4, 0.5) is 8.78 Å². The predicted molar refractivity (Wildman–Crippen MR) is 94.1 cm³/mol. The molecule has 1 aromatic heterocycles. The molecule has 0 aliphatic carbocycles. The Balaban J connectivity index is 1.86. The zero-order valence-corrected chi connectivity index (χ0v) is 14.4. The fraction of sp³-hybridized carbons (Fsp3) is 0.167. The van der Waals surface area contributed by atoms with Crippen molar-refractivity contribution in [3.8, 4) is 5.69 Å². The van der Waals surface area contributed by atoms with Gasteiger partial charge < -0.3 is 9.47 Å². The van der Waals surface area contributed by atoms with Crippen LogP contribution >= 0.6 is 23.2 Å². The Morgan fingerprint density at radius 1 is 1.00 bits per heavy atom. The molecule has 0 radical (unpaired) electrons. The van der Waals surface area contributed by atoms with Crippen molar-refractivity contribution in [3.05, 3.63) is 64.3 Å². The number of likely N-dealkylation sites (tertiary alicyclic amines) is 1. The summed E-state index contributed by atoms with van der Waals surface area (Å²) in [6, 6.07) is 14.2. The fourth-order valence-electron chi connectivity index (χ4n) is 3.03. The van der Waals surface area contributed by atoms with Gasteiger partial charge in [0.25, 0.3) is 11.8 Å². The number of carbonyl (C=O) groups is 1. The van der Waals surface area contributed by atoms with Crippen molar-refractivity contribution in [2.45, 2.75) is 5.92 Å². The zero-order valence-electron chi connectivity index (χ0n) is 12.8. The third-order valence-electron chi connectivity index (χ3n) is 4.22. The largest absolute Gasteiger partial charge is 0.325 e. The van der Waals surface area contributed by atoms with Crippen LogP contribution in [-0.2, 0) is 0 Å². The summed E-state index contributed by atoms with van der Waals surface area (Å²) in [5.41, 5.74) is 1.75. The topological polar surface area (TPSA) is 25.2 Å². The van der Waals surface area contributed by atoms with Gasteiger partial charge in [-0.1, -0.05) is 41.4 Å². The molecule has 4 rings (SSSR count). The second-order valence-electron chi connectivity index (χ2n) is 6.04. The number of amides is 1. The minimum absolute atomic E-state index is 0.315. The SMILES string of the molecule is O=C(c1cc2ccccc2n1-c1ccc(Cl)c(Cl)c1)N1CC(F)(F)C1. The highest BCUT2D eigenvalue weighted by molar-refractivity contribution is 6.42. The second kappa shape index (κ2) is 5.71. The van der Waals surface area contributed by atoms with Crippen LogP contribution in [0.25, 0.3) is 16.6 Å². The van der Waals surface area contributed by atoms with E-state index in [-0.39, 0.29) is 0 Å². The summed E-state index contributed by atoms with van der Waals surface area (Å²) in [6.07, 6.45) is 0. The lowest BCUT2D eigenvalue weighted by Crippen LogP contribution is -2.58. The number of hydrogen-bond acceptors (Lipinski definition) is 1. The molecule has 1 aliphatic rings. The molecular formula is C18H12Cl2F2N2O. The first kappa shape index (κ1) is 16.4. The third-order valence-corrected chi connectivity index (χ3v) is 4.96. The van der Waals surface area contributed by atoms with Gasteiger partial charge in [-0.2, -0.15) is 0 Å². The van der Waals surface area contributed by atoms with E-state index >= 15 is 0 Å². The number of para-hydroxylation sites is 1. The summed E-state index contributed by atoms with van der Waals surface area (Å²) in [6.45, 7) is -1.12. The van der Waals surface area contributed by atoms with Gasteiger partial charge in [0, 0.05) is 11.1 Å². The van der Waals surface area contributed by atoms with Gasteiger partial charge in [0.05, 0.1) is 28.7 Å². The van der Waals surface area contributed by atoms with Crippen LogP contribution in [0.3, 0.4) is 0 Å². The summed E-state index contributed by atoms with van der Waals surface area (Å²) in [7, 11) is 0. The molecule has 3 aromatic rings. The highest BCUT2D eigenvalue weighted by atomic mass is 35.5. The van der Waals surface area contributed by atoms with E-state index in [0.29, 0.717) is 21.4 Å². The van der Waals surface area contributed by atoms with Gasteiger partial charge in [0.1, 0.15) is 5.69 Å². The Morgan fingerprint density at radius 3 is 2.40 bits per heavy atom. The molecule has 0 spiro atoms. The van der Waals surface area contributed by atoms with E-state index in [1.807, 2.05) is 24.3 Å². The van der Waals surface area contributed by atoms with Crippen molar-refractivity contribution in [1.82, 2.24) is 9.47 Å². The van der Waals surface area contributed by atoms with Crippen molar-refractivity contribution in [1.29, 1.82) is 0 Å². The lowest BCUT2D eigenvalue weighted by molar-refractivity contribution is -0.113. The number of benzene rings is 2. The molecule has 0 atom stereocenters. The quantitative estimate of drug-likeness (QED) is 0.612. The Bertz CT molecular complexity index is 992. The monoisotopic (exact) mass is 380 g/mol. The lowest BCUT2D eigenvalue weighted by atomic mass is 10.1. The molecule has 25 heavy (non-hydrogen) atoms. The minimum atomic E-state index is -2.81. The number of hydrogen-bond donors (Lipinski definition) is 0. The molecular weight excluding hydrogens is 369 g/mol. The summed E-state index contributed by atoms with van der Waals surface area (Å²) < 4.78 is 28.0. The number of carbonyl (C=O) groups excluding carboxylic acids is 1. The van der Waals surface area contributed by atoms with Crippen LogP contribution in [-0.4, -0.2) is 34.4 Å². The number of aromatic nitrogens is 1. The Hall–Kier alpha value is -2.11. The molecule has 1 saturated heterocycles. The van der Waals surface area contributed by atoms with Crippen molar-refractivity contribution in [3.63, 3.8) is 0 Å². The van der Waals surface area contributed by atoms with Gasteiger partial charge in [-0.3, -0.25) is 4.79 Å². The standard InChI is InChI=1S/C18H12Cl2F2N2O/c19-13-6-5-12(8-14(13)20)24-15-4-2-1-3-11(15)7-16(24)17(25)23-9-18(21,22)10-23/h1-8H,9-10H2. The number of fused-ring (bicyclic) bond motifs is 1. The lowest BCUT2D eigenvalue weighted by Gasteiger charge is -2.38. The van der Waals surface area contributed by atoms with Crippen LogP contribution in [0.1, 0.15) is 10.5 Å². The van der Waals surface area contributed by atoms with E-state index in [1.54, 1.807) is 28.8 Å². The summed E-state index contributed by atoms with van der Waals surface area (Å²) in [5, 5.41) is 1.59. The molecule has 2 aromatic carbocycles. The smallest absolute Gasteiger partial charge is 0.282 e. The molecule has 2 heterocycles. The molecule has 0 N–H and O–H groups in total. The van der Waals surface area contributed by atoms with Crippen molar-refractivity contribution >= 4 is 40.0 Å². The van der Waals surface area contributed by atoms with E-state index < -0.39 is 24.9 Å². The maximum atomic E-state index is 13.2. The van der Waals surface area contributed by atoms with Gasteiger partial charge in [-0.15, -0.1) is 0 Å². The summed E-state index contributed by atoms with van der Waals surface area (Å²) in [5.74, 6) is -3.25. The molecule has 3 nitrogen and oxygen atoms in total. The van der Waals surface area contributed by atoms with Crippen LogP contribution in [0.5, 0.6) is 0 Å². The van der Waals surface area contributed by atoms with Gasteiger partial charge >= 0.3 is 0 Å². The first-order valence-electron chi connectivity index (χ1n) is 7.59. The maximum absolute atomic E-state index is 13.2. The normalized spacial score (nSPS) is 16.1. The van der Waals surface area contributed by atoms with Gasteiger partial charge in [0.15, 0.2) is 0 Å². The van der Waals surface area contributed by atoms with Crippen LogP contribution in [0.15, 0.2) is 48.5 Å². The third kappa shape index (κ3) is 2.77. The van der Waals surface area contributed by atoms with Gasteiger partial charge in [-0.25, -0.2) is 8.78 Å². The first-order valence-corrected chi connectivity index (χ1v) is 8.34. The Kier molecular flexibility index (Phi) is 3.74. The molecule has 0 unspecified atom stereocenters. The molecule has 1 aliphatic heterocycles. The first-order chi connectivity index (χ1) is 11.9. The van der Waals surface area contributed by atoms with Gasteiger partial charge in [0.2, 0.25) is 0 Å². The van der Waals surface area contributed by atoms with Crippen LogP contribution < -0.4 is 0 Å². The van der Waals surface area contributed by atoms with Crippen molar-refractivity contribution in [2.24, 2.45) is 0 Å². The highest BCUT2D eigenvalue weighted by Gasteiger charge is 2.47. The average Bonchev–Trinajstić information content (AvgIpc) is 2.94. The van der Waals surface area contributed by atoms with Crippen molar-refractivity contribution in [2.75, 3.05) is 13.1 Å². The number of rotatable bonds is 2. The van der Waals surface area contributed by atoms with Crippen LogP contribution in [0.2, 0.25) is 10.0 Å². The summed E-state index contributed by atoms with van der Waals surface area (Å²) in [4.78, 5) is 13.9. The minimum Gasteiger partial charge on any atom is -0.325 e. The molecule has 7 heteroatoms. The van der Waals surface area contributed by atoms with E-state index in [9.17, 15) is 13.6 Å². The molecule has 128 valence electrons. The molecule has 1 fully saturated rings. The van der Waals surface area contributed by atoms with E-state index in [2.05, 4.69) is 0 Å². The van der Waals surface area contributed by atoms with Crippen molar-refractivity contribution < 1.29 is 13.6 Å². The zero-order chi connectivity index (χ0) is 17.8. The van der Waals surface area contributed by atoms with E-state index in [4.69, 9.17) is 23.2 Å². The molecule has 0 saturated carbocycles. The average molecular weight is 381 g/mol. The van der Waals surface area contributed by atoms with Crippen LogP contribution in [0, 0.1) is 0 Å². The molecule has 1 amide bonds. The Labute approximate surface area is 152 Å². The fourth-order valence-corrected chi connectivity index (χ4v) is 3.32. The number of halogens is 4. The highest BCUT2D eigenvalue weighted by Crippen LogP contribution is 2.32. The second-order valence-corrected chi connectivity index (χ2v) is 6.85. The maximum Gasteiger partial charge on any atom is 0.282 e. The Morgan fingerprint density at radius 2 is 1.72 bits per heavy atom. The number of nitrogens with zero attached hydrogens (tertiary/aromatic N) is 2. The summed E-state index contributed by atoms with van der Waals surface area (Å²) >= 11 is 12.1. The van der Waals surface area contributed by atoms with E-state index in [0.717, 1.165) is 15.8 Å². The number of alkyl halides is 2. The predicted octanol–water partition coefficient (Wildman–Crippen LogP) is 5.03. The van der Waals surface area contributed by atoms with Gasteiger partial charge in [-0.05, 0) is 30.3 Å². The van der Waals surface area contributed by atoms with E-state index in [1.165, 1.54) is 0 Å². The molecule has 0 bridgehead atoms.